The summed E-state index contributed by atoms with van der Waals surface area (Å²) in [6.07, 6.45) is 4.26. The summed E-state index contributed by atoms with van der Waals surface area (Å²) in [7, 11) is 0. The molecule has 10 heteroatoms. The number of furan rings is 1. The van der Waals surface area contributed by atoms with E-state index in [0.29, 0.717) is 29.4 Å². The molecule has 1 heterocycles. The van der Waals surface area contributed by atoms with Gasteiger partial charge in [-0.1, -0.05) is 56.8 Å². The highest BCUT2D eigenvalue weighted by Gasteiger charge is 2.27. The van der Waals surface area contributed by atoms with Crippen LogP contribution in [0.4, 0.5) is 0 Å². The van der Waals surface area contributed by atoms with Crippen molar-refractivity contribution < 1.29 is 23.5 Å². The summed E-state index contributed by atoms with van der Waals surface area (Å²) < 4.78 is 10.8. The van der Waals surface area contributed by atoms with Gasteiger partial charge < -0.3 is 19.8 Å². The predicted octanol–water partition coefficient (Wildman–Crippen LogP) is 5.67. The first kappa shape index (κ1) is 30.1. The van der Waals surface area contributed by atoms with Crippen molar-refractivity contribution in [1.29, 1.82) is 0 Å². The Kier molecular flexibility index (Phi) is 13.2. The van der Waals surface area contributed by atoms with Gasteiger partial charge in [-0.05, 0) is 49.1 Å². The van der Waals surface area contributed by atoms with Crippen molar-refractivity contribution in [2.75, 3.05) is 12.4 Å². The zero-order valence-electron chi connectivity index (χ0n) is 20.9. The molecule has 198 valence electrons. The molecule has 36 heavy (non-hydrogen) atoms. The Morgan fingerprint density at radius 1 is 1.11 bits per heavy atom. The highest BCUT2D eigenvalue weighted by atomic mass is 35.5. The van der Waals surface area contributed by atoms with Crippen molar-refractivity contribution in [1.82, 2.24) is 10.6 Å². The lowest BCUT2D eigenvalue weighted by Gasteiger charge is -2.24. The third-order valence-corrected chi connectivity index (χ3v) is 6.74. The maximum absolute atomic E-state index is 13.1. The van der Waals surface area contributed by atoms with Crippen LogP contribution in [0, 0.1) is 5.92 Å². The lowest BCUT2D eigenvalue weighted by atomic mass is 10.0. The maximum Gasteiger partial charge on any atom is 0.258 e. The lowest BCUT2D eigenvalue weighted by molar-refractivity contribution is -0.132. The van der Waals surface area contributed by atoms with Crippen LogP contribution in [0.5, 0.6) is 5.75 Å². The van der Waals surface area contributed by atoms with Crippen molar-refractivity contribution in [3.05, 3.63) is 52.4 Å². The Labute approximate surface area is 227 Å². The molecule has 1 aromatic heterocycles. The molecule has 0 aliphatic carbocycles. The monoisotopic (exact) mass is 556 g/mol. The Morgan fingerprint density at radius 3 is 2.53 bits per heavy atom. The summed E-state index contributed by atoms with van der Waals surface area (Å²) in [4.78, 5) is 38.6. The van der Waals surface area contributed by atoms with E-state index in [1.165, 1.54) is 17.8 Å². The van der Waals surface area contributed by atoms with Gasteiger partial charge in [0, 0.05) is 5.02 Å². The molecule has 0 fully saturated rings. The van der Waals surface area contributed by atoms with Gasteiger partial charge in [0.2, 0.25) is 5.91 Å². The van der Waals surface area contributed by atoms with Gasteiger partial charge in [0.25, 0.3) is 5.91 Å². The number of amides is 2. The number of Topliss-reactive ketones (excluding diaryl/α,β-unsaturated/α-hetero) is 1. The topological polar surface area (TPSA) is 97.6 Å². The Balaban J connectivity index is 1.96. The van der Waals surface area contributed by atoms with Crippen LogP contribution in [0.2, 0.25) is 10.0 Å². The first-order chi connectivity index (χ1) is 17.2. The molecule has 0 spiro atoms. The van der Waals surface area contributed by atoms with E-state index >= 15 is 0 Å². The molecule has 0 saturated carbocycles. The smallest absolute Gasteiger partial charge is 0.258 e. The van der Waals surface area contributed by atoms with E-state index in [0.717, 1.165) is 18.6 Å². The van der Waals surface area contributed by atoms with Gasteiger partial charge in [0.05, 0.1) is 28.8 Å². The van der Waals surface area contributed by atoms with E-state index in [-0.39, 0.29) is 35.0 Å². The molecule has 0 bridgehead atoms. The number of unbranched alkanes of at least 4 members (excludes halogenated alkanes) is 1. The van der Waals surface area contributed by atoms with Crippen LogP contribution in [-0.4, -0.2) is 42.0 Å². The minimum absolute atomic E-state index is 0.0521. The molecular weight excluding hydrogens is 523 g/mol. The number of ketones is 1. The van der Waals surface area contributed by atoms with E-state index in [1.807, 2.05) is 26.8 Å². The molecule has 2 aromatic rings. The van der Waals surface area contributed by atoms with E-state index in [9.17, 15) is 14.4 Å². The van der Waals surface area contributed by atoms with Crippen molar-refractivity contribution in [2.45, 2.75) is 64.3 Å². The molecular formula is C26H34Cl2N2O5S. The fraction of sp³-hybridized carbons (Fsp3) is 0.500. The first-order valence-corrected chi connectivity index (χ1v) is 13.9. The fourth-order valence-corrected chi connectivity index (χ4v) is 4.75. The molecule has 0 saturated heterocycles. The second-order valence-corrected chi connectivity index (χ2v) is 10.7. The van der Waals surface area contributed by atoms with Gasteiger partial charge in [-0.3, -0.25) is 14.4 Å². The molecule has 2 rings (SSSR count). The van der Waals surface area contributed by atoms with Crippen molar-refractivity contribution in [3.63, 3.8) is 0 Å². The lowest BCUT2D eigenvalue weighted by Crippen LogP contribution is -2.53. The van der Waals surface area contributed by atoms with Gasteiger partial charge in [-0.25, -0.2) is 0 Å². The largest absolute Gasteiger partial charge is 0.482 e. The van der Waals surface area contributed by atoms with Crippen molar-refractivity contribution in [2.24, 2.45) is 5.92 Å². The second-order valence-electron chi connectivity index (χ2n) is 8.85. The van der Waals surface area contributed by atoms with Crippen LogP contribution in [0.15, 0.2) is 41.0 Å². The number of rotatable bonds is 16. The average Bonchev–Trinajstić information content (AvgIpc) is 3.33. The molecule has 0 radical (unpaired) electrons. The Hall–Kier alpha value is -2.16. The minimum atomic E-state index is -0.797. The number of thioether (sulfide) groups is 1. The summed E-state index contributed by atoms with van der Waals surface area (Å²) in [5.74, 6) is 1.19. The molecule has 7 nitrogen and oxygen atoms in total. The molecule has 0 aliphatic heterocycles. The van der Waals surface area contributed by atoms with Gasteiger partial charge in [-0.2, -0.15) is 0 Å². The van der Waals surface area contributed by atoms with E-state index in [4.69, 9.17) is 32.4 Å². The normalized spacial score (nSPS) is 12.7. The van der Waals surface area contributed by atoms with Crippen LogP contribution in [0.1, 0.15) is 52.2 Å². The van der Waals surface area contributed by atoms with Gasteiger partial charge in [0.1, 0.15) is 17.6 Å². The second kappa shape index (κ2) is 15.8. The fourth-order valence-electron chi connectivity index (χ4n) is 3.42. The highest BCUT2D eigenvalue weighted by Crippen LogP contribution is 2.27. The summed E-state index contributed by atoms with van der Waals surface area (Å²) in [6.45, 7) is 5.64. The highest BCUT2D eigenvalue weighted by molar-refractivity contribution is 7.99. The van der Waals surface area contributed by atoms with Crippen LogP contribution in [0.3, 0.4) is 0 Å². The third-order valence-electron chi connectivity index (χ3n) is 5.23. The summed E-state index contributed by atoms with van der Waals surface area (Å²) >= 11 is 13.4. The zero-order chi connectivity index (χ0) is 26.5. The summed E-state index contributed by atoms with van der Waals surface area (Å²) in [5.41, 5.74) is 0. The van der Waals surface area contributed by atoms with E-state index in [1.54, 1.807) is 24.5 Å². The number of hydrogen-bond donors (Lipinski definition) is 2. The number of ether oxygens (including phenoxy) is 1. The third kappa shape index (κ3) is 10.8. The molecule has 1 aromatic carbocycles. The Morgan fingerprint density at radius 2 is 1.89 bits per heavy atom. The van der Waals surface area contributed by atoms with Gasteiger partial charge in [0.15, 0.2) is 12.4 Å². The summed E-state index contributed by atoms with van der Waals surface area (Å²) in [6, 6.07) is 6.95. The Bertz CT molecular complexity index is 985. The number of nitrogens with one attached hydrogen (secondary N) is 2. The van der Waals surface area contributed by atoms with Crippen LogP contribution < -0.4 is 15.4 Å². The zero-order valence-corrected chi connectivity index (χ0v) is 23.2. The molecule has 0 aliphatic rings. The number of halogens is 2. The SMILES string of the molecule is CCCC[C@H](NC(=O)[C@H](CC(C)C)NC(=O)COc1ccc(Cl)cc1Cl)C(=O)CSCc1ccco1. The van der Waals surface area contributed by atoms with Crippen LogP contribution in [-0.2, 0) is 20.1 Å². The van der Waals surface area contributed by atoms with Gasteiger partial charge in [-0.15, -0.1) is 11.8 Å². The van der Waals surface area contributed by atoms with Gasteiger partial charge >= 0.3 is 0 Å². The summed E-state index contributed by atoms with van der Waals surface area (Å²) in [5, 5.41) is 6.36. The quantitative estimate of drug-likeness (QED) is 0.276. The van der Waals surface area contributed by atoms with Crippen LogP contribution >= 0.6 is 35.0 Å². The minimum Gasteiger partial charge on any atom is -0.482 e. The van der Waals surface area contributed by atoms with E-state index < -0.39 is 18.0 Å². The maximum atomic E-state index is 13.1. The number of benzene rings is 1. The molecule has 2 atom stereocenters. The average molecular weight is 558 g/mol. The predicted molar refractivity (Wildman–Crippen MR) is 145 cm³/mol. The molecule has 2 amide bonds. The van der Waals surface area contributed by atoms with Crippen LogP contribution in [0.25, 0.3) is 0 Å². The number of carbonyl (C=O) groups is 3. The number of hydrogen-bond acceptors (Lipinski definition) is 6. The standard InChI is InChI=1S/C26H34Cl2N2O5S/c1-4-5-8-21(23(31)16-36-15-19-7-6-11-34-19)30-26(33)22(12-17(2)3)29-25(32)14-35-24-10-9-18(27)13-20(24)28/h6-7,9-11,13,17,21-22H,4-5,8,12,14-16H2,1-3H3,(H,29,32)(H,30,33)/t21-,22-/m0/s1. The van der Waals surface area contributed by atoms with E-state index in [2.05, 4.69) is 10.6 Å². The van der Waals surface area contributed by atoms with Crippen molar-refractivity contribution in [3.8, 4) is 5.75 Å². The molecule has 0 unspecified atom stereocenters. The van der Waals surface area contributed by atoms with Crippen molar-refractivity contribution >= 4 is 52.6 Å². The number of carbonyl (C=O) groups excluding carboxylic acids is 3. The molecule has 2 N–H and O–H groups in total. The first-order valence-electron chi connectivity index (χ1n) is 12.0.